The lowest BCUT2D eigenvalue weighted by Crippen LogP contribution is -2.23. The Labute approximate surface area is 549 Å². The minimum absolute atomic E-state index is 0.00165. The van der Waals surface area contributed by atoms with Crippen molar-refractivity contribution in [2.24, 2.45) is 39.7 Å². The van der Waals surface area contributed by atoms with E-state index < -0.39 is 21.7 Å². The number of nitrogen functional groups attached to an aromatic ring is 3. The molecule has 0 saturated heterocycles. The highest BCUT2D eigenvalue weighted by molar-refractivity contribution is 7.90. The molecule has 1 aliphatic heterocycles. The van der Waals surface area contributed by atoms with Gasteiger partial charge in [0.05, 0.1) is 27.1 Å². The summed E-state index contributed by atoms with van der Waals surface area (Å²) < 4.78 is 64.3. The fourth-order valence-electron chi connectivity index (χ4n) is 10.3. The molecule has 24 heteroatoms. The Hall–Kier alpha value is -12.7. The number of halogens is 3. The summed E-state index contributed by atoms with van der Waals surface area (Å²) in [7, 11) is 0.253. The van der Waals surface area contributed by atoms with Gasteiger partial charge in [0, 0.05) is 98.2 Å². The number of nitrogens with zero attached hydrogens (tertiary/aromatic N) is 9. The quantitative estimate of drug-likeness (QED) is 0.0235. The van der Waals surface area contributed by atoms with Crippen LogP contribution >= 0.6 is 0 Å². The average molecular weight is 1300 g/mol. The molecule has 0 spiro atoms. The van der Waals surface area contributed by atoms with Crippen LogP contribution < -0.4 is 34.4 Å². The number of rotatable bonds is 7. The zero-order valence-corrected chi connectivity index (χ0v) is 52.4. The SMILES string of the molecule is CN1CC=C(c2ccc3nc(N)cc(C#Cc4cccc(C(N)=NO)c4)c3c2)CC1.CS(=O)(=O)c1cccc(-c2ccc3nc(N)cc(C#Cc4cccc(C(N)=NO)c4)c3c2)c1.Cn1nc(C(F)(F)F)cc1-c1ccc2nc(N)cc(C#Cc3cccc(C(N)=NO)c3)c2c1. The van der Waals surface area contributed by atoms with Gasteiger partial charge in [0.15, 0.2) is 33.0 Å². The van der Waals surface area contributed by atoms with E-state index in [9.17, 15) is 21.6 Å². The fourth-order valence-corrected chi connectivity index (χ4v) is 10.9. The van der Waals surface area contributed by atoms with Crippen LogP contribution in [0.1, 0.15) is 67.7 Å². The summed E-state index contributed by atoms with van der Waals surface area (Å²) in [6.45, 7) is 2.00. The van der Waals surface area contributed by atoms with Crippen molar-refractivity contribution >= 4 is 83.1 Å². The first kappa shape index (κ1) is 66.2. The largest absolute Gasteiger partial charge is 0.435 e. The van der Waals surface area contributed by atoms with Gasteiger partial charge in [-0.15, -0.1) is 0 Å². The van der Waals surface area contributed by atoms with Gasteiger partial charge >= 0.3 is 6.18 Å². The van der Waals surface area contributed by atoms with Gasteiger partial charge in [-0.05, 0) is 145 Å². The lowest BCUT2D eigenvalue weighted by atomic mass is 9.96. The van der Waals surface area contributed by atoms with Crippen molar-refractivity contribution in [1.29, 1.82) is 0 Å². The number of aromatic nitrogens is 5. The molecule has 0 unspecified atom stereocenters. The number of oxime groups is 3. The molecule has 5 heterocycles. The van der Waals surface area contributed by atoms with E-state index in [2.05, 4.69) is 101 Å². The predicted molar refractivity (Wildman–Crippen MR) is 369 cm³/mol. The summed E-state index contributed by atoms with van der Waals surface area (Å²) in [5.41, 5.74) is 46.7. The van der Waals surface area contributed by atoms with E-state index in [0.29, 0.717) is 78.3 Å². The topological polar surface area (TPSA) is 348 Å². The number of anilines is 3. The molecule has 0 atom stereocenters. The number of fused-ring (bicyclic) bond motifs is 3. The Balaban J connectivity index is 0.000000157. The van der Waals surface area contributed by atoms with Crippen molar-refractivity contribution in [2.75, 3.05) is 43.6 Å². The maximum atomic E-state index is 13.1. The van der Waals surface area contributed by atoms with Crippen molar-refractivity contribution in [3.8, 4) is 57.9 Å². The molecule has 0 bridgehead atoms. The second-order valence-electron chi connectivity index (χ2n) is 22.0. The first-order chi connectivity index (χ1) is 45.9. The second-order valence-corrected chi connectivity index (χ2v) is 24.0. The minimum atomic E-state index is -4.54. The van der Waals surface area contributed by atoms with Crippen molar-refractivity contribution in [3.63, 3.8) is 0 Å². The van der Waals surface area contributed by atoms with Crippen LogP contribution in [0.3, 0.4) is 0 Å². The van der Waals surface area contributed by atoms with E-state index in [4.69, 9.17) is 50.0 Å². The van der Waals surface area contributed by atoms with Crippen LogP contribution in [0, 0.1) is 35.5 Å². The molecule has 0 saturated carbocycles. The van der Waals surface area contributed by atoms with Crippen LogP contribution in [0.2, 0.25) is 0 Å². The van der Waals surface area contributed by atoms with Crippen LogP contribution in [0.5, 0.6) is 0 Å². The molecular formula is C72H60F3N15O5S. The molecule has 4 aromatic heterocycles. The van der Waals surface area contributed by atoms with Crippen molar-refractivity contribution in [1.82, 2.24) is 29.6 Å². The van der Waals surface area contributed by atoms with E-state index in [1.165, 1.54) is 29.1 Å². The van der Waals surface area contributed by atoms with E-state index in [-0.39, 0.29) is 28.2 Å². The van der Waals surface area contributed by atoms with Crippen LogP contribution in [-0.2, 0) is 23.1 Å². The third kappa shape index (κ3) is 16.0. The van der Waals surface area contributed by atoms with Gasteiger partial charge in [-0.1, -0.05) is 124 Å². The Morgan fingerprint density at radius 3 is 1.32 bits per heavy atom. The maximum Gasteiger partial charge on any atom is 0.435 e. The molecule has 0 fully saturated rings. The number of aryl methyl sites for hydroxylation is 1. The fraction of sp³-hybridized carbons (Fsp3) is 0.0972. The van der Waals surface area contributed by atoms with Crippen LogP contribution in [0.4, 0.5) is 30.6 Å². The molecule has 12 rings (SSSR count). The molecule has 15 N–H and O–H groups in total. The molecule has 7 aromatic carbocycles. The van der Waals surface area contributed by atoms with E-state index in [1.807, 2.05) is 48.5 Å². The Bertz CT molecular complexity index is 5320. The molecule has 0 radical (unpaired) electrons. The Kier molecular flexibility index (Phi) is 19.6. The molecule has 480 valence electrons. The summed E-state index contributed by atoms with van der Waals surface area (Å²) >= 11 is 0. The van der Waals surface area contributed by atoms with Gasteiger partial charge < -0.3 is 54.9 Å². The monoisotopic (exact) mass is 1300 g/mol. The first-order valence-corrected chi connectivity index (χ1v) is 31.0. The Morgan fingerprint density at radius 2 is 0.917 bits per heavy atom. The summed E-state index contributed by atoms with van der Waals surface area (Å²) in [5, 5.41) is 41.6. The van der Waals surface area contributed by atoms with Gasteiger partial charge in [0.1, 0.15) is 17.5 Å². The standard InChI is InChI=1S/C25H20N4O3S.C24H23N5O.C23H17F3N6O/c1-33(31,32)21-7-3-5-17(13-21)18-10-11-23-22(14-18)19(15-24(26)28-23)9-8-16-4-2-6-20(12-16)25(27)29-30;1-29-11-9-17(10-12-29)18-7-8-22-21(14-18)19(15-23(25)27-22)6-5-16-3-2-4-20(13-16)24(26)28-30;1-32-19(12-20(30-32)23(24,25)26)15-7-8-18-17(10-15)14(11-21(27)29-18)6-5-13-3-2-4-16(9-13)22(28)31-33/h2-7,10-15,30H,1H3,(H2,26,28)(H2,27,29);2-4,7-9,13-15,30H,10-12H2,1H3,(H2,25,27)(H2,26,28);2-4,7-12,33H,1H3,(H2,27,29)(H2,28,31). The third-order valence-corrected chi connectivity index (χ3v) is 16.3. The molecule has 1 aliphatic rings. The molecular weight excluding hydrogens is 1240 g/mol. The van der Waals surface area contributed by atoms with Gasteiger partial charge in [-0.3, -0.25) is 4.68 Å². The zero-order valence-electron chi connectivity index (χ0n) is 51.6. The number of sulfone groups is 1. The summed E-state index contributed by atoms with van der Waals surface area (Å²) in [4.78, 5) is 15.7. The van der Waals surface area contributed by atoms with Gasteiger partial charge in [-0.2, -0.15) is 18.3 Å². The van der Waals surface area contributed by atoms with Gasteiger partial charge in [0.25, 0.3) is 0 Å². The Morgan fingerprint density at radius 1 is 0.510 bits per heavy atom. The zero-order chi connectivity index (χ0) is 68.4. The first-order valence-electron chi connectivity index (χ1n) is 29.1. The number of alkyl halides is 3. The van der Waals surface area contributed by atoms with Gasteiger partial charge in [-0.25, -0.2) is 23.4 Å². The third-order valence-electron chi connectivity index (χ3n) is 15.2. The smallest absolute Gasteiger partial charge is 0.409 e. The second kappa shape index (κ2) is 28.4. The minimum Gasteiger partial charge on any atom is -0.409 e. The van der Waals surface area contributed by atoms with Crippen LogP contribution in [-0.4, -0.2) is 97.6 Å². The average Bonchev–Trinajstić information content (AvgIpc) is 1.75. The van der Waals surface area contributed by atoms with Gasteiger partial charge in [0.2, 0.25) is 0 Å². The molecule has 0 amide bonds. The van der Waals surface area contributed by atoms with Crippen molar-refractivity contribution in [2.45, 2.75) is 17.5 Å². The summed E-state index contributed by atoms with van der Waals surface area (Å²) in [5.74, 6) is 19.7. The van der Waals surface area contributed by atoms with Crippen LogP contribution in [0.25, 0.3) is 60.7 Å². The number of hydrogen-bond donors (Lipinski definition) is 9. The molecule has 11 aromatic rings. The number of benzene rings is 7. The number of amidine groups is 3. The molecule has 96 heavy (non-hydrogen) atoms. The van der Waals surface area contributed by atoms with Crippen LogP contribution in [0.15, 0.2) is 202 Å². The number of hydrogen-bond acceptors (Lipinski definition) is 16. The highest BCUT2D eigenvalue weighted by Gasteiger charge is 2.35. The summed E-state index contributed by atoms with van der Waals surface area (Å²) in [6, 6.07) is 50.8. The lowest BCUT2D eigenvalue weighted by Gasteiger charge is -2.22. The highest BCUT2D eigenvalue weighted by atomic mass is 32.2. The van der Waals surface area contributed by atoms with Crippen molar-refractivity contribution in [3.05, 3.63) is 243 Å². The van der Waals surface area contributed by atoms with E-state index in [0.717, 1.165) is 64.1 Å². The molecule has 20 nitrogen and oxygen atoms in total. The number of nitrogens with two attached hydrogens (primary N) is 6. The predicted octanol–water partition coefficient (Wildman–Crippen LogP) is 10.1. The van der Waals surface area contributed by atoms with E-state index >= 15 is 0 Å². The lowest BCUT2D eigenvalue weighted by molar-refractivity contribution is -0.141. The highest BCUT2D eigenvalue weighted by Crippen LogP contribution is 2.34. The molecule has 0 aliphatic carbocycles. The number of pyridine rings is 3. The van der Waals surface area contributed by atoms with Crippen molar-refractivity contribution < 1.29 is 37.2 Å². The number of likely N-dealkylation sites (N-methyl/N-ethyl adjacent to an activating group) is 1. The van der Waals surface area contributed by atoms with E-state index in [1.54, 1.807) is 109 Å². The summed E-state index contributed by atoms with van der Waals surface area (Å²) in [6.07, 6.45) is -0.0640. The normalized spacial score (nSPS) is 12.8. The maximum absolute atomic E-state index is 13.1.